The van der Waals surface area contributed by atoms with Gasteiger partial charge in [0, 0.05) is 24.0 Å². The van der Waals surface area contributed by atoms with Gasteiger partial charge in [-0.15, -0.1) is 0 Å². The van der Waals surface area contributed by atoms with Gasteiger partial charge in [-0.05, 0) is 37.3 Å². The summed E-state index contributed by atoms with van der Waals surface area (Å²) in [6.07, 6.45) is 1.63. The minimum atomic E-state index is -0.178. The van der Waals surface area contributed by atoms with Gasteiger partial charge in [0.15, 0.2) is 10.6 Å². The van der Waals surface area contributed by atoms with Crippen LogP contribution in [0.15, 0.2) is 33.8 Å². The van der Waals surface area contributed by atoms with Crippen molar-refractivity contribution in [2.75, 3.05) is 0 Å². The summed E-state index contributed by atoms with van der Waals surface area (Å²) in [7, 11) is 0. The lowest BCUT2D eigenvalue weighted by Crippen LogP contribution is -2.28. The quantitative estimate of drug-likeness (QED) is 0.576. The number of hydrogen-bond donors (Lipinski definition) is 2. The second-order valence-electron chi connectivity index (χ2n) is 5.62. The molecule has 0 saturated heterocycles. The van der Waals surface area contributed by atoms with Crippen molar-refractivity contribution in [1.29, 1.82) is 0 Å². The van der Waals surface area contributed by atoms with Crippen LogP contribution in [0.5, 0.6) is 0 Å². The fourth-order valence-electron chi connectivity index (χ4n) is 2.59. The van der Waals surface area contributed by atoms with Gasteiger partial charge in [-0.2, -0.15) is 5.10 Å². The molecule has 0 atom stereocenters. The van der Waals surface area contributed by atoms with Crippen LogP contribution in [0.25, 0.3) is 10.9 Å². The molecule has 2 N–H and O–H groups in total. The van der Waals surface area contributed by atoms with E-state index in [2.05, 4.69) is 36.4 Å². The van der Waals surface area contributed by atoms with E-state index in [-0.39, 0.29) is 31.0 Å². The summed E-state index contributed by atoms with van der Waals surface area (Å²) in [5.41, 5.74) is 0.456. The van der Waals surface area contributed by atoms with Crippen molar-refractivity contribution < 1.29 is 4.79 Å². The Morgan fingerprint density at radius 3 is 3.00 bits per heavy atom. The first-order valence-electron chi connectivity index (χ1n) is 8.05. The SMILES string of the molecule is CCn1c(CNC(=O)CCn2cnc3ccc(Br)cc3c2=O)n[nH]c1=S. The highest BCUT2D eigenvalue weighted by Gasteiger charge is 2.09. The summed E-state index contributed by atoms with van der Waals surface area (Å²) in [5, 5.41) is 10.1. The number of benzene rings is 1. The molecule has 0 spiro atoms. The zero-order valence-electron chi connectivity index (χ0n) is 14.0. The molecule has 0 aliphatic rings. The van der Waals surface area contributed by atoms with Crippen molar-refractivity contribution in [3.8, 4) is 0 Å². The Labute approximate surface area is 162 Å². The lowest BCUT2D eigenvalue weighted by atomic mass is 10.2. The minimum Gasteiger partial charge on any atom is -0.349 e. The van der Waals surface area contributed by atoms with Crippen LogP contribution in [0, 0.1) is 4.77 Å². The maximum Gasteiger partial charge on any atom is 0.261 e. The second kappa shape index (κ2) is 7.92. The van der Waals surface area contributed by atoms with Crippen LogP contribution < -0.4 is 10.9 Å². The first kappa shape index (κ1) is 18.5. The third-order valence-corrected chi connectivity index (χ3v) is 4.77. The van der Waals surface area contributed by atoms with Crippen molar-refractivity contribution in [3.05, 3.63) is 49.9 Å². The molecule has 1 aromatic carbocycles. The summed E-state index contributed by atoms with van der Waals surface area (Å²) in [6, 6.07) is 5.34. The van der Waals surface area contributed by atoms with E-state index in [1.54, 1.807) is 12.1 Å². The zero-order chi connectivity index (χ0) is 18.7. The molecule has 2 heterocycles. The lowest BCUT2D eigenvalue weighted by Gasteiger charge is -2.08. The Morgan fingerprint density at radius 2 is 2.23 bits per heavy atom. The van der Waals surface area contributed by atoms with Crippen molar-refractivity contribution >= 4 is 45.0 Å². The maximum absolute atomic E-state index is 12.5. The van der Waals surface area contributed by atoms with Crippen molar-refractivity contribution in [3.63, 3.8) is 0 Å². The Balaban J connectivity index is 1.64. The number of nitrogens with one attached hydrogen (secondary N) is 2. The van der Waals surface area contributed by atoms with Gasteiger partial charge in [0.2, 0.25) is 5.91 Å². The molecule has 1 amide bonds. The number of H-pyrrole nitrogens is 1. The largest absolute Gasteiger partial charge is 0.349 e. The molecule has 0 saturated carbocycles. The van der Waals surface area contributed by atoms with Gasteiger partial charge in [0.05, 0.1) is 23.8 Å². The highest BCUT2D eigenvalue weighted by molar-refractivity contribution is 9.10. The third-order valence-electron chi connectivity index (χ3n) is 3.96. The van der Waals surface area contributed by atoms with Gasteiger partial charge in [-0.3, -0.25) is 19.3 Å². The highest BCUT2D eigenvalue weighted by Crippen LogP contribution is 2.14. The molecular weight excluding hydrogens is 420 g/mol. The normalized spacial score (nSPS) is 11.0. The Kier molecular flexibility index (Phi) is 5.62. The van der Waals surface area contributed by atoms with Gasteiger partial charge < -0.3 is 9.88 Å². The summed E-state index contributed by atoms with van der Waals surface area (Å²) in [6.45, 7) is 3.15. The van der Waals surface area contributed by atoms with Gasteiger partial charge in [0.1, 0.15) is 0 Å². The van der Waals surface area contributed by atoms with E-state index in [0.29, 0.717) is 28.0 Å². The molecule has 0 radical (unpaired) electrons. The first-order chi connectivity index (χ1) is 12.5. The van der Waals surface area contributed by atoms with Crippen LogP contribution in [-0.2, 0) is 24.4 Å². The summed E-state index contributed by atoms with van der Waals surface area (Å²) >= 11 is 8.46. The number of nitrogens with zero attached hydrogens (tertiary/aromatic N) is 4. The molecule has 3 aromatic rings. The number of aromatic nitrogens is 5. The first-order valence-corrected chi connectivity index (χ1v) is 9.25. The van der Waals surface area contributed by atoms with Gasteiger partial charge in [0.25, 0.3) is 5.56 Å². The molecule has 0 unspecified atom stereocenters. The van der Waals surface area contributed by atoms with E-state index in [9.17, 15) is 9.59 Å². The average molecular weight is 437 g/mol. The number of rotatable bonds is 6. The average Bonchev–Trinajstić information content (AvgIpc) is 2.99. The van der Waals surface area contributed by atoms with Crippen LogP contribution in [-0.4, -0.2) is 30.2 Å². The van der Waals surface area contributed by atoms with Crippen molar-refractivity contribution in [2.45, 2.75) is 33.0 Å². The monoisotopic (exact) mass is 436 g/mol. The van der Waals surface area contributed by atoms with Crippen LogP contribution >= 0.6 is 28.1 Å². The van der Waals surface area contributed by atoms with Gasteiger partial charge in [-0.1, -0.05) is 15.9 Å². The number of halogens is 1. The predicted octanol–water partition coefficient (Wildman–Crippen LogP) is 2.14. The number of fused-ring (bicyclic) bond motifs is 1. The lowest BCUT2D eigenvalue weighted by molar-refractivity contribution is -0.121. The topological polar surface area (TPSA) is 97.6 Å². The number of hydrogen-bond acceptors (Lipinski definition) is 5. The Bertz CT molecular complexity index is 1070. The number of aryl methyl sites for hydroxylation is 1. The molecule has 26 heavy (non-hydrogen) atoms. The Morgan fingerprint density at radius 1 is 1.42 bits per heavy atom. The molecule has 0 fully saturated rings. The van der Waals surface area contributed by atoms with Crippen LogP contribution in [0.3, 0.4) is 0 Å². The predicted molar refractivity (Wildman–Crippen MR) is 103 cm³/mol. The number of carbonyl (C=O) groups excluding carboxylic acids is 1. The molecular formula is C16H17BrN6O2S. The molecule has 10 heteroatoms. The van der Waals surface area contributed by atoms with E-state index >= 15 is 0 Å². The molecule has 8 nitrogen and oxygen atoms in total. The van der Waals surface area contributed by atoms with E-state index in [1.807, 2.05) is 17.6 Å². The highest BCUT2D eigenvalue weighted by atomic mass is 79.9. The summed E-state index contributed by atoms with van der Waals surface area (Å²) in [5.74, 6) is 0.489. The molecule has 136 valence electrons. The minimum absolute atomic E-state index is 0.165. The molecule has 0 bridgehead atoms. The van der Waals surface area contributed by atoms with Gasteiger partial charge in [-0.25, -0.2) is 4.98 Å². The molecule has 0 aliphatic heterocycles. The fourth-order valence-corrected chi connectivity index (χ4v) is 3.23. The summed E-state index contributed by atoms with van der Waals surface area (Å²) < 4.78 is 4.59. The van der Waals surface area contributed by atoms with Gasteiger partial charge >= 0.3 is 0 Å². The van der Waals surface area contributed by atoms with Crippen molar-refractivity contribution in [2.24, 2.45) is 0 Å². The number of aromatic amines is 1. The molecule has 3 rings (SSSR count). The zero-order valence-corrected chi connectivity index (χ0v) is 16.4. The summed E-state index contributed by atoms with van der Waals surface area (Å²) in [4.78, 5) is 28.9. The maximum atomic E-state index is 12.5. The molecule has 2 aromatic heterocycles. The number of amides is 1. The standard InChI is InChI=1S/C16H17BrN6O2S/c1-2-23-13(20-21-16(23)26)8-18-14(24)5-6-22-9-19-12-4-3-10(17)7-11(12)15(22)25/h3-4,7,9H,2,5-6,8H2,1H3,(H,18,24)(H,21,26). The van der Waals surface area contributed by atoms with E-state index in [4.69, 9.17) is 12.2 Å². The van der Waals surface area contributed by atoms with E-state index < -0.39 is 0 Å². The second-order valence-corrected chi connectivity index (χ2v) is 6.92. The third kappa shape index (κ3) is 3.91. The van der Waals surface area contributed by atoms with Crippen LogP contribution in [0.4, 0.5) is 0 Å². The fraction of sp³-hybridized carbons (Fsp3) is 0.312. The Hall–Kier alpha value is -2.33. The molecule has 0 aliphatic carbocycles. The van der Waals surface area contributed by atoms with E-state index in [1.165, 1.54) is 10.9 Å². The number of carbonyl (C=O) groups is 1. The van der Waals surface area contributed by atoms with Crippen LogP contribution in [0.1, 0.15) is 19.2 Å². The van der Waals surface area contributed by atoms with Crippen molar-refractivity contribution in [1.82, 2.24) is 29.6 Å². The smallest absolute Gasteiger partial charge is 0.261 e. The van der Waals surface area contributed by atoms with E-state index in [0.717, 1.165) is 4.47 Å². The van der Waals surface area contributed by atoms with Crippen LogP contribution in [0.2, 0.25) is 0 Å².